The van der Waals surface area contributed by atoms with Crippen LogP contribution in [0.5, 0.6) is 0 Å². The Kier molecular flexibility index (Phi) is 4.41. The third-order valence-electron chi connectivity index (χ3n) is 1.73. The minimum absolute atomic E-state index is 0.225. The lowest BCUT2D eigenvalue weighted by molar-refractivity contribution is -0.117. The first-order chi connectivity index (χ1) is 6.74. The van der Waals surface area contributed by atoms with E-state index in [4.69, 9.17) is 5.73 Å². The molecule has 1 unspecified atom stereocenters. The van der Waals surface area contributed by atoms with Crippen LogP contribution in [0, 0.1) is 0 Å². The topological polar surface area (TPSA) is 93.8 Å². The second kappa shape index (κ2) is 5.61. The van der Waals surface area contributed by atoms with Gasteiger partial charge in [-0.25, -0.2) is 0 Å². The van der Waals surface area contributed by atoms with Crippen molar-refractivity contribution in [1.82, 2.24) is 14.8 Å². The first kappa shape index (κ1) is 11.0. The maximum absolute atomic E-state index is 11.4. The van der Waals surface area contributed by atoms with Gasteiger partial charge in [0.2, 0.25) is 11.0 Å². The molecule has 1 atom stereocenters. The summed E-state index contributed by atoms with van der Waals surface area (Å²) in [6.45, 7) is 2.05. The highest BCUT2D eigenvalue weighted by molar-refractivity contribution is 7.09. The molecule has 1 rings (SSSR count). The quantitative estimate of drug-likeness (QED) is 0.741. The van der Waals surface area contributed by atoms with Crippen molar-refractivity contribution in [2.24, 2.45) is 5.73 Å². The molecular formula is C7H13N5OS. The molecule has 1 amide bonds. The zero-order valence-corrected chi connectivity index (χ0v) is 8.75. The number of aromatic nitrogens is 3. The molecule has 0 saturated heterocycles. The highest BCUT2D eigenvalue weighted by atomic mass is 32.1. The van der Waals surface area contributed by atoms with Crippen LogP contribution in [0.2, 0.25) is 0 Å². The van der Waals surface area contributed by atoms with Gasteiger partial charge in [-0.15, -0.1) is 0 Å². The molecule has 1 heterocycles. The number of nitrogens with zero attached hydrogens (tertiary/aromatic N) is 3. The Balaban J connectivity index is 2.34. The van der Waals surface area contributed by atoms with E-state index in [-0.39, 0.29) is 5.91 Å². The zero-order chi connectivity index (χ0) is 10.4. The number of nitrogens with two attached hydrogens (primary N) is 1. The maximum atomic E-state index is 11.4. The van der Waals surface area contributed by atoms with Gasteiger partial charge >= 0.3 is 0 Å². The molecule has 7 heteroatoms. The van der Waals surface area contributed by atoms with Crippen molar-refractivity contribution in [2.45, 2.75) is 32.2 Å². The molecule has 0 aliphatic heterocycles. The van der Waals surface area contributed by atoms with Crippen molar-refractivity contribution in [3.63, 3.8) is 0 Å². The van der Waals surface area contributed by atoms with Gasteiger partial charge in [0.25, 0.3) is 0 Å². The number of nitrogens with one attached hydrogen (secondary N) is 1. The fraction of sp³-hybridized carbons (Fsp3) is 0.714. The van der Waals surface area contributed by atoms with Gasteiger partial charge in [0.1, 0.15) is 0 Å². The molecule has 1 aromatic heterocycles. The van der Waals surface area contributed by atoms with E-state index in [1.807, 2.05) is 0 Å². The number of carbonyl (C=O) groups excluding carboxylic acids is 1. The zero-order valence-electron chi connectivity index (χ0n) is 7.93. The van der Waals surface area contributed by atoms with E-state index in [0.717, 1.165) is 24.4 Å². The Bertz CT molecular complexity index is 276. The first-order valence-corrected chi connectivity index (χ1v) is 5.23. The first-order valence-electron chi connectivity index (χ1n) is 4.45. The summed E-state index contributed by atoms with van der Waals surface area (Å²) in [5.74, 6) is -0.225. The van der Waals surface area contributed by atoms with Gasteiger partial charge in [-0.2, -0.15) is 0 Å². The van der Waals surface area contributed by atoms with Crippen LogP contribution in [0.4, 0.5) is 5.13 Å². The van der Waals surface area contributed by atoms with Gasteiger partial charge in [-0.3, -0.25) is 10.1 Å². The molecular weight excluding hydrogens is 202 g/mol. The van der Waals surface area contributed by atoms with Gasteiger partial charge in [0, 0.05) is 11.5 Å². The van der Waals surface area contributed by atoms with Crippen LogP contribution >= 0.6 is 11.5 Å². The van der Waals surface area contributed by atoms with Gasteiger partial charge in [0.05, 0.1) is 6.04 Å². The third kappa shape index (κ3) is 3.35. The fourth-order valence-corrected chi connectivity index (χ4v) is 1.30. The molecule has 0 aromatic carbocycles. The number of hydrogen-bond donors (Lipinski definition) is 2. The number of rotatable bonds is 5. The smallest absolute Gasteiger partial charge is 0.243 e. The van der Waals surface area contributed by atoms with Crippen molar-refractivity contribution in [2.75, 3.05) is 5.32 Å². The van der Waals surface area contributed by atoms with Crippen molar-refractivity contribution in [3.05, 3.63) is 0 Å². The summed E-state index contributed by atoms with van der Waals surface area (Å²) in [6, 6.07) is -0.473. The lowest BCUT2D eigenvalue weighted by atomic mass is 10.1. The summed E-state index contributed by atoms with van der Waals surface area (Å²) in [7, 11) is 0. The number of unbranched alkanes of at least 4 members (excludes halogenated alkanes) is 1. The number of anilines is 1. The molecule has 0 radical (unpaired) electrons. The second-order valence-corrected chi connectivity index (χ2v) is 3.64. The van der Waals surface area contributed by atoms with Gasteiger partial charge in [0.15, 0.2) is 0 Å². The van der Waals surface area contributed by atoms with Crippen LogP contribution in [0.15, 0.2) is 0 Å². The summed E-state index contributed by atoms with van der Waals surface area (Å²) in [6.07, 6.45) is 2.67. The van der Waals surface area contributed by atoms with E-state index in [9.17, 15) is 4.79 Å². The second-order valence-electron chi connectivity index (χ2n) is 2.91. The van der Waals surface area contributed by atoms with Crippen molar-refractivity contribution >= 4 is 22.6 Å². The van der Waals surface area contributed by atoms with Gasteiger partial charge in [-0.1, -0.05) is 29.4 Å². The molecule has 0 aliphatic carbocycles. The predicted molar refractivity (Wildman–Crippen MR) is 53.8 cm³/mol. The Hall–Kier alpha value is -1.08. The molecule has 0 aliphatic rings. The lowest BCUT2D eigenvalue weighted by Crippen LogP contribution is -2.35. The number of carbonyl (C=O) groups is 1. The average Bonchev–Trinajstić information content (AvgIpc) is 2.66. The molecule has 0 fully saturated rings. The highest BCUT2D eigenvalue weighted by Gasteiger charge is 2.14. The largest absolute Gasteiger partial charge is 0.320 e. The van der Waals surface area contributed by atoms with Crippen LogP contribution < -0.4 is 11.1 Å². The molecule has 0 spiro atoms. The Morgan fingerprint density at radius 2 is 2.50 bits per heavy atom. The Labute approximate surface area is 86.0 Å². The van der Waals surface area contributed by atoms with Crippen molar-refractivity contribution in [3.8, 4) is 0 Å². The van der Waals surface area contributed by atoms with E-state index in [1.165, 1.54) is 0 Å². The summed E-state index contributed by atoms with van der Waals surface area (Å²) in [5.41, 5.74) is 5.64. The normalized spacial score (nSPS) is 12.4. The molecule has 0 saturated carbocycles. The maximum Gasteiger partial charge on any atom is 0.243 e. The van der Waals surface area contributed by atoms with Crippen molar-refractivity contribution in [1.29, 1.82) is 0 Å². The Morgan fingerprint density at radius 3 is 3.07 bits per heavy atom. The molecule has 14 heavy (non-hydrogen) atoms. The SMILES string of the molecule is CCCCC(N)C(=O)Nc1nnns1. The third-order valence-corrected chi connectivity index (χ3v) is 2.25. The molecule has 3 N–H and O–H groups in total. The molecule has 0 bridgehead atoms. The van der Waals surface area contributed by atoms with Crippen LogP contribution in [-0.4, -0.2) is 26.7 Å². The van der Waals surface area contributed by atoms with Crippen LogP contribution in [0.1, 0.15) is 26.2 Å². The van der Waals surface area contributed by atoms with E-state index in [1.54, 1.807) is 0 Å². The Morgan fingerprint density at radius 1 is 1.71 bits per heavy atom. The number of hydrogen-bond acceptors (Lipinski definition) is 6. The standard InChI is InChI=1S/C7H13N5OS/c1-2-3-4-5(8)6(13)9-7-10-11-12-14-7/h5H,2-4,8H2,1H3,(H,9,10,12,13). The monoisotopic (exact) mass is 215 g/mol. The average molecular weight is 215 g/mol. The fourth-order valence-electron chi connectivity index (χ4n) is 0.935. The highest BCUT2D eigenvalue weighted by Crippen LogP contribution is 2.06. The van der Waals surface area contributed by atoms with Crippen molar-refractivity contribution < 1.29 is 4.79 Å². The predicted octanol–water partition coefficient (Wildman–Crippen LogP) is 0.389. The van der Waals surface area contributed by atoms with E-state index in [0.29, 0.717) is 11.6 Å². The molecule has 6 nitrogen and oxygen atoms in total. The minimum Gasteiger partial charge on any atom is -0.320 e. The van der Waals surface area contributed by atoms with Gasteiger partial charge in [-0.05, 0) is 11.6 Å². The van der Waals surface area contributed by atoms with Crippen LogP contribution in [0.25, 0.3) is 0 Å². The van der Waals surface area contributed by atoms with E-state index in [2.05, 4.69) is 27.0 Å². The summed E-state index contributed by atoms with van der Waals surface area (Å²) in [4.78, 5) is 11.4. The summed E-state index contributed by atoms with van der Waals surface area (Å²) >= 11 is 1.03. The number of amides is 1. The van der Waals surface area contributed by atoms with Crippen LogP contribution in [0.3, 0.4) is 0 Å². The molecule has 1 aromatic rings. The summed E-state index contributed by atoms with van der Waals surface area (Å²) in [5, 5.41) is 9.89. The van der Waals surface area contributed by atoms with E-state index < -0.39 is 6.04 Å². The minimum atomic E-state index is -0.473. The summed E-state index contributed by atoms with van der Waals surface area (Å²) < 4.78 is 3.52. The van der Waals surface area contributed by atoms with Crippen LogP contribution in [-0.2, 0) is 4.79 Å². The van der Waals surface area contributed by atoms with Gasteiger partial charge < -0.3 is 5.73 Å². The molecule has 78 valence electrons. The lowest BCUT2D eigenvalue weighted by Gasteiger charge is -2.08. The van der Waals surface area contributed by atoms with E-state index >= 15 is 0 Å².